The van der Waals surface area contributed by atoms with Crippen LogP contribution in [0.25, 0.3) is 0 Å². The molecule has 0 aliphatic rings. The average molecular weight is 245 g/mol. The van der Waals surface area contributed by atoms with E-state index >= 15 is 0 Å². The maximum atomic E-state index is 5.89. The van der Waals surface area contributed by atoms with Crippen molar-refractivity contribution in [2.24, 2.45) is 0 Å². The lowest BCUT2D eigenvalue weighted by atomic mass is 10.2. The van der Waals surface area contributed by atoms with Gasteiger partial charge in [-0.05, 0) is 42.8 Å². The topological polar surface area (TPSA) is 35.2 Å². The lowest BCUT2D eigenvalue weighted by Gasteiger charge is -2.06. The Morgan fingerprint density at radius 1 is 1.06 bits per heavy atom. The molecule has 0 radical (unpaired) electrons. The van der Waals surface area contributed by atoms with Crippen LogP contribution in [0, 0.1) is 6.92 Å². The molecule has 0 aliphatic carbocycles. The molecule has 17 heavy (non-hydrogen) atoms. The highest BCUT2D eigenvalue weighted by molar-refractivity contribution is 7.99. The molecule has 0 heterocycles. The zero-order valence-electron chi connectivity index (χ0n) is 9.94. The van der Waals surface area contributed by atoms with Crippen molar-refractivity contribution in [2.75, 3.05) is 12.8 Å². The van der Waals surface area contributed by atoms with E-state index in [-0.39, 0.29) is 0 Å². The van der Waals surface area contributed by atoms with Crippen molar-refractivity contribution in [3.63, 3.8) is 0 Å². The lowest BCUT2D eigenvalue weighted by molar-refractivity contribution is 0.413. The summed E-state index contributed by atoms with van der Waals surface area (Å²) in [6.07, 6.45) is 0. The van der Waals surface area contributed by atoms with Crippen LogP contribution in [0.3, 0.4) is 0 Å². The lowest BCUT2D eigenvalue weighted by Crippen LogP contribution is -1.89. The Labute approximate surface area is 106 Å². The Bertz CT molecular complexity index is 525. The van der Waals surface area contributed by atoms with E-state index in [1.165, 1.54) is 0 Å². The summed E-state index contributed by atoms with van der Waals surface area (Å²) in [5.74, 6) is 0.870. The van der Waals surface area contributed by atoms with Crippen LogP contribution in [0.15, 0.2) is 52.3 Å². The first-order valence-electron chi connectivity index (χ1n) is 5.37. The molecule has 0 bridgehead atoms. The van der Waals surface area contributed by atoms with Crippen LogP contribution < -0.4 is 10.5 Å². The molecular weight excluding hydrogens is 230 g/mol. The molecule has 2 N–H and O–H groups in total. The summed E-state index contributed by atoms with van der Waals surface area (Å²) in [5.41, 5.74) is 7.83. The van der Waals surface area contributed by atoms with Gasteiger partial charge in [-0.25, -0.2) is 0 Å². The second kappa shape index (κ2) is 5.15. The molecule has 0 unspecified atom stereocenters. The number of methoxy groups -OCH3 is 1. The van der Waals surface area contributed by atoms with Crippen molar-refractivity contribution in [1.82, 2.24) is 0 Å². The molecule has 0 fully saturated rings. The van der Waals surface area contributed by atoms with E-state index in [2.05, 4.69) is 12.1 Å². The molecule has 2 nitrogen and oxygen atoms in total. The van der Waals surface area contributed by atoms with Crippen molar-refractivity contribution >= 4 is 17.4 Å². The normalized spacial score (nSPS) is 10.2. The maximum Gasteiger partial charge on any atom is 0.119 e. The van der Waals surface area contributed by atoms with Crippen LogP contribution in [-0.4, -0.2) is 7.11 Å². The standard InChI is InChI=1S/C14H15NOS/c1-10-6-7-13(9-14(10)15)17-12-5-3-4-11(8-12)16-2/h3-9H,15H2,1-2H3. The highest BCUT2D eigenvalue weighted by Crippen LogP contribution is 2.31. The Kier molecular flexibility index (Phi) is 3.59. The Hall–Kier alpha value is -1.61. The number of hydrogen-bond acceptors (Lipinski definition) is 3. The number of hydrogen-bond donors (Lipinski definition) is 1. The molecule has 2 rings (SSSR count). The Morgan fingerprint density at radius 3 is 2.53 bits per heavy atom. The summed E-state index contributed by atoms with van der Waals surface area (Å²) < 4.78 is 5.20. The van der Waals surface area contributed by atoms with Gasteiger partial charge in [-0.3, -0.25) is 0 Å². The third-order valence-corrected chi connectivity index (χ3v) is 3.51. The summed E-state index contributed by atoms with van der Waals surface area (Å²) in [5, 5.41) is 0. The van der Waals surface area contributed by atoms with Crippen molar-refractivity contribution in [1.29, 1.82) is 0 Å². The summed E-state index contributed by atoms with van der Waals surface area (Å²) >= 11 is 1.68. The van der Waals surface area contributed by atoms with E-state index in [1.54, 1.807) is 18.9 Å². The zero-order valence-corrected chi connectivity index (χ0v) is 10.8. The van der Waals surface area contributed by atoms with Gasteiger partial charge in [-0.15, -0.1) is 0 Å². The summed E-state index contributed by atoms with van der Waals surface area (Å²) in [7, 11) is 1.67. The van der Waals surface area contributed by atoms with Gasteiger partial charge in [0.15, 0.2) is 0 Å². The monoisotopic (exact) mass is 245 g/mol. The zero-order chi connectivity index (χ0) is 12.3. The molecule has 3 heteroatoms. The Morgan fingerprint density at radius 2 is 1.82 bits per heavy atom. The first kappa shape index (κ1) is 11.9. The number of rotatable bonds is 3. The minimum atomic E-state index is 0.831. The molecule has 2 aromatic rings. The summed E-state index contributed by atoms with van der Waals surface area (Å²) in [4.78, 5) is 2.29. The molecular formula is C14H15NOS. The predicted molar refractivity (Wildman–Crippen MR) is 72.7 cm³/mol. The van der Waals surface area contributed by atoms with E-state index in [1.807, 2.05) is 37.3 Å². The van der Waals surface area contributed by atoms with E-state index in [4.69, 9.17) is 10.5 Å². The molecule has 2 aromatic carbocycles. The van der Waals surface area contributed by atoms with Crippen LogP contribution in [-0.2, 0) is 0 Å². The molecule has 0 saturated heterocycles. The highest BCUT2D eigenvalue weighted by atomic mass is 32.2. The van der Waals surface area contributed by atoms with Crippen molar-refractivity contribution < 1.29 is 4.74 Å². The fraction of sp³-hybridized carbons (Fsp3) is 0.143. The van der Waals surface area contributed by atoms with Gasteiger partial charge in [0.05, 0.1) is 7.11 Å². The number of aryl methyl sites for hydroxylation is 1. The van der Waals surface area contributed by atoms with E-state index in [0.717, 1.165) is 26.8 Å². The largest absolute Gasteiger partial charge is 0.497 e. The molecule has 0 aromatic heterocycles. The molecule has 0 spiro atoms. The second-order valence-corrected chi connectivity index (χ2v) is 4.95. The van der Waals surface area contributed by atoms with Crippen LogP contribution in [0.1, 0.15) is 5.56 Å². The first-order valence-corrected chi connectivity index (χ1v) is 6.19. The number of nitrogen functional groups attached to an aromatic ring is 1. The molecule has 0 aliphatic heterocycles. The first-order chi connectivity index (χ1) is 8.19. The van der Waals surface area contributed by atoms with Gasteiger partial charge in [0.25, 0.3) is 0 Å². The number of benzene rings is 2. The van der Waals surface area contributed by atoms with Gasteiger partial charge in [-0.1, -0.05) is 23.9 Å². The highest BCUT2D eigenvalue weighted by Gasteiger charge is 2.01. The predicted octanol–water partition coefficient (Wildman–Crippen LogP) is 3.74. The van der Waals surface area contributed by atoms with E-state index < -0.39 is 0 Å². The summed E-state index contributed by atoms with van der Waals surface area (Å²) in [6, 6.07) is 14.1. The number of nitrogens with two attached hydrogens (primary N) is 1. The van der Waals surface area contributed by atoms with Crippen LogP contribution >= 0.6 is 11.8 Å². The maximum absolute atomic E-state index is 5.89. The van der Waals surface area contributed by atoms with Crippen LogP contribution in [0.2, 0.25) is 0 Å². The molecule has 88 valence electrons. The smallest absolute Gasteiger partial charge is 0.119 e. The number of ether oxygens (including phenoxy) is 1. The quantitative estimate of drug-likeness (QED) is 0.837. The van der Waals surface area contributed by atoms with Crippen molar-refractivity contribution in [3.8, 4) is 5.75 Å². The van der Waals surface area contributed by atoms with E-state index in [0.29, 0.717) is 0 Å². The molecule has 0 atom stereocenters. The van der Waals surface area contributed by atoms with Gasteiger partial charge in [0, 0.05) is 15.5 Å². The van der Waals surface area contributed by atoms with Crippen molar-refractivity contribution in [2.45, 2.75) is 16.7 Å². The minimum Gasteiger partial charge on any atom is -0.497 e. The molecule has 0 saturated carbocycles. The van der Waals surface area contributed by atoms with Crippen LogP contribution in [0.4, 0.5) is 5.69 Å². The SMILES string of the molecule is COc1cccc(Sc2ccc(C)c(N)c2)c1. The minimum absolute atomic E-state index is 0.831. The second-order valence-electron chi connectivity index (χ2n) is 3.80. The van der Waals surface area contributed by atoms with Gasteiger partial charge >= 0.3 is 0 Å². The van der Waals surface area contributed by atoms with E-state index in [9.17, 15) is 0 Å². The fourth-order valence-electron chi connectivity index (χ4n) is 1.48. The average Bonchev–Trinajstić information content (AvgIpc) is 2.34. The van der Waals surface area contributed by atoms with Gasteiger partial charge < -0.3 is 10.5 Å². The van der Waals surface area contributed by atoms with Gasteiger partial charge in [-0.2, -0.15) is 0 Å². The third kappa shape index (κ3) is 2.94. The third-order valence-electron chi connectivity index (χ3n) is 2.53. The molecule has 0 amide bonds. The van der Waals surface area contributed by atoms with Gasteiger partial charge in [0.2, 0.25) is 0 Å². The van der Waals surface area contributed by atoms with Gasteiger partial charge in [0.1, 0.15) is 5.75 Å². The number of anilines is 1. The van der Waals surface area contributed by atoms with Crippen LogP contribution in [0.5, 0.6) is 5.75 Å². The fourth-order valence-corrected chi connectivity index (χ4v) is 2.40. The van der Waals surface area contributed by atoms with Crippen molar-refractivity contribution in [3.05, 3.63) is 48.0 Å². The summed E-state index contributed by atoms with van der Waals surface area (Å²) in [6.45, 7) is 2.01. The Balaban J connectivity index is 2.22.